The van der Waals surface area contributed by atoms with E-state index in [1.165, 1.54) is 11.1 Å². The van der Waals surface area contributed by atoms with Gasteiger partial charge in [0, 0.05) is 12.8 Å². The van der Waals surface area contributed by atoms with Crippen molar-refractivity contribution in [2.24, 2.45) is 0 Å². The van der Waals surface area contributed by atoms with Crippen LogP contribution in [0, 0.1) is 0 Å². The summed E-state index contributed by atoms with van der Waals surface area (Å²) in [6, 6.07) is 6.15. The first-order valence-corrected chi connectivity index (χ1v) is 5.84. The van der Waals surface area contributed by atoms with Crippen molar-refractivity contribution in [1.29, 1.82) is 0 Å². The topological polar surface area (TPSA) is 47.6 Å². The van der Waals surface area contributed by atoms with Crippen molar-refractivity contribution in [3.63, 3.8) is 0 Å². The van der Waals surface area contributed by atoms with Crippen LogP contribution in [-0.2, 0) is 22.4 Å². The predicted molar refractivity (Wildman–Crippen MR) is 64.2 cm³/mol. The summed E-state index contributed by atoms with van der Waals surface area (Å²) in [5.74, 6) is 0.776. The summed E-state index contributed by atoms with van der Waals surface area (Å²) < 4.78 is 10.5. The highest BCUT2D eigenvalue weighted by Crippen LogP contribution is 2.25. The van der Waals surface area contributed by atoms with Crippen molar-refractivity contribution < 1.29 is 14.3 Å². The van der Waals surface area contributed by atoms with Crippen LogP contribution in [0.25, 0.3) is 0 Å². The first-order valence-electron chi connectivity index (χ1n) is 5.84. The van der Waals surface area contributed by atoms with Gasteiger partial charge in [-0.25, -0.2) is 0 Å². The molecule has 0 fully saturated rings. The number of ether oxygens (including phenoxy) is 2. The number of carbonyl (C=O) groups excluding carboxylic acids is 1. The minimum Gasteiger partial charge on any atom is -0.493 e. The highest BCUT2D eigenvalue weighted by atomic mass is 16.5. The monoisotopic (exact) mass is 235 g/mol. The smallest absolute Gasteiger partial charge is 0.319 e. The third-order valence-electron chi connectivity index (χ3n) is 2.73. The quantitative estimate of drug-likeness (QED) is 0.771. The summed E-state index contributed by atoms with van der Waals surface area (Å²) in [5, 5.41) is 2.76. The van der Waals surface area contributed by atoms with Crippen molar-refractivity contribution in [2.45, 2.75) is 12.8 Å². The van der Waals surface area contributed by atoms with Crippen molar-refractivity contribution in [1.82, 2.24) is 5.32 Å². The fourth-order valence-corrected chi connectivity index (χ4v) is 1.87. The van der Waals surface area contributed by atoms with Crippen LogP contribution in [0.1, 0.15) is 11.1 Å². The molecule has 0 aliphatic carbocycles. The zero-order valence-corrected chi connectivity index (χ0v) is 9.99. The molecule has 0 spiro atoms. The molecule has 17 heavy (non-hydrogen) atoms. The van der Waals surface area contributed by atoms with E-state index < -0.39 is 0 Å². The molecule has 1 heterocycles. The number of rotatable bonds is 5. The second-order valence-electron chi connectivity index (χ2n) is 4.04. The molecule has 0 radical (unpaired) electrons. The fraction of sp³-hybridized carbons (Fsp3) is 0.462. The molecule has 4 heteroatoms. The van der Waals surface area contributed by atoms with Gasteiger partial charge in [-0.3, -0.25) is 4.79 Å². The molecular weight excluding hydrogens is 218 g/mol. The lowest BCUT2D eigenvalue weighted by Gasteiger charge is -2.06. The van der Waals surface area contributed by atoms with E-state index >= 15 is 0 Å². The molecule has 0 unspecified atom stereocenters. The summed E-state index contributed by atoms with van der Waals surface area (Å²) in [6.45, 7) is 1.47. The van der Waals surface area contributed by atoms with Crippen LogP contribution < -0.4 is 10.1 Å². The minimum absolute atomic E-state index is 0.211. The maximum Gasteiger partial charge on any atom is 0.319 e. The predicted octanol–water partition coefficient (Wildman–Crippen LogP) is 0.927. The van der Waals surface area contributed by atoms with E-state index in [9.17, 15) is 4.79 Å². The third-order valence-corrected chi connectivity index (χ3v) is 2.73. The molecule has 0 saturated carbocycles. The SMILES string of the molecule is CNCC(=O)OCCc1ccc2c(c1)CCO2. The summed E-state index contributed by atoms with van der Waals surface area (Å²) in [6.07, 6.45) is 1.73. The second-order valence-corrected chi connectivity index (χ2v) is 4.04. The van der Waals surface area contributed by atoms with Crippen LogP contribution >= 0.6 is 0 Å². The van der Waals surface area contributed by atoms with Gasteiger partial charge in [-0.15, -0.1) is 0 Å². The standard InChI is InChI=1S/C13H17NO3/c1-14-9-13(15)17-6-4-10-2-3-12-11(8-10)5-7-16-12/h2-3,8,14H,4-7,9H2,1H3. The summed E-state index contributed by atoms with van der Waals surface area (Å²) in [4.78, 5) is 11.1. The average molecular weight is 235 g/mol. The Kier molecular flexibility index (Phi) is 3.98. The molecule has 1 N–H and O–H groups in total. The van der Waals surface area contributed by atoms with Gasteiger partial charge in [-0.05, 0) is 24.2 Å². The Labute approximate surface area is 101 Å². The number of hydrogen-bond donors (Lipinski definition) is 1. The normalized spacial score (nSPS) is 13.0. The molecular formula is C13H17NO3. The van der Waals surface area contributed by atoms with Gasteiger partial charge >= 0.3 is 5.97 Å². The molecule has 92 valence electrons. The number of benzene rings is 1. The molecule has 1 aliphatic heterocycles. The number of fused-ring (bicyclic) bond motifs is 1. The van der Waals surface area contributed by atoms with Crippen LogP contribution in [0.3, 0.4) is 0 Å². The van der Waals surface area contributed by atoms with Crippen molar-refractivity contribution in [2.75, 3.05) is 26.8 Å². The largest absolute Gasteiger partial charge is 0.493 e. The number of nitrogens with one attached hydrogen (secondary N) is 1. The average Bonchev–Trinajstić information content (AvgIpc) is 2.76. The van der Waals surface area contributed by atoms with E-state index in [2.05, 4.69) is 11.4 Å². The number of likely N-dealkylation sites (N-methyl/N-ethyl adjacent to an activating group) is 1. The Morgan fingerprint density at radius 3 is 3.24 bits per heavy atom. The third kappa shape index (κ3) is 3.20. The van der Waals surface area contributed by atoms with Gasteiger partial charge in [0.1, 0.15) is 5.75 Å². The second kappa shape index (κ2) is 5.68. The van der Waals surface area contributed by atoms with Gasteiger partial charge < -0.3 is 14.8 Å². The first-order chi connectivity index (χ1) is 8.29. The van der Waals surface area contributed by atoms with Gasteiger partial charge in [0.2, 0.25) is 0 Å². The molecule has 0 aromatic heterocycles. The maximum absolute atomic E-state index is 11.1. The van der Waals surface area contributed by atoms with Crippen LogP contribution in [0.5, 0.6) is 5.75 Å². The highest BCUT2D eigenvalue weighted by Gasteiger charge is 2.11. The zero-order chi connectivity index (χ0) is 12.1. The van der Waals surface area contributed by atoms with Crippen LogP contribution in [-0.4, -0.2) is 32.8 Å². The molecule has 4 nitrogen and oxygen atoms in total. The maximum atomic E-state index is 11.1. The van der Waals surface area contributed by atoms with E-state index in [0.29, 0.717) is 6.61 Å². The number of esters is 1. The number of carbonyl (C=O) groups is 1. The Hall–Kier alpha value is -1.55. The fourth-order valence-electron chi connectivity index (χ4n) is 1.87. The summed E-state index contributed by atoms with van der Waals surface area (Å²) >= 11 is 0. The van der Waals surface area contributed by atoms with E-state index in [1.54, 1.807) is 7.05 Å². The lowest BCUT2D eigenvalue weighted by Crippen LogP contribution is -2.21. The molecule has 1 aromatic carbocycles. The Balaban J connectivity index is 1.81. The van der Waals surface area contributed by atoms with Gasteiger partial charge in [-0.2, -0.15) is 0 Å². The summed E-state index contributed by atoms with van der Waals surface area (Å²) in [7, 11) is 1.72. The zero-order valence-electron chi connectivity index (χ0n) is 9.99. The Morgan fingerprint density at radius 2 is 2.41 bits per heavy atom. The first kappa shape index (κ1) is 11.9. The highest BCUT2D eigenvalue weighted by molar-refractivity contribution is 5.71. The molecule has 2 rings (SSSR count). The number of hydrogen-bond acceptors (Lipinski definition) is 4. The van der Waals surface area contributed by atoms with Gasteiger partial charge in [0.25, 0.3) is 0 Å². The van der Waals surface area contributed by atoms with E-state index in [-0.39, 0.29) is 12.5 Å². The lowest BCUT2D eigenvalue weighted by molar-refractivity contribution is -0.142. The van der Waals surface area contributed by atoms with E-state index in [1.807, 2.05) is 12.1 Å². The van der Waals surface area contributed by atoms with E-state index in [4.69, 9.17) is 9.47 Å². The molecule has 0 atom stereocenters. The van der Waals surface area contributed by atoms with Crippen LogP contribution in [0.2, 0.25) is 0 Å². The molecule has 0 amide bonds. The van der Waals surface area contributed by atoms with Crippen molar-refractivity contribution >= 4 is 5.97 Å². The van der Waals surface area contributed by atoms with E-state index in [0.717, 1.165) is 25.2 Å². The minimum atomic E-state index is -0.211. The molecule has 1 aromatic rings. The lowest BCUT2D eigenvalue weighted by atomic mass is 10.1. The Morgan fingerprint density at radius 1 is 1.53 bits per heavy atom. The summed E-state index contributed by atoms with van der Waals surface area (Å²) in [5.41, 5.74) is 2.44. The van der Waals surface area contributed by atoms with Crippen LogP contribution in [0.15, 0.2) is 18.2 Å². The molecule has 0 bridgehead atoms. The van der Waals surface area contributed by atoms with Crippen molar-refractivity contribution in [3.05, 3.63) is 29.3 Å². The van der Waals surface area contributed by atoms with Gasteiger partial charge in [0.15, 0.2) is 0 Å². The van der Waals surface area contributed by atoms with Crippen molar-refractivity contribution in [3.8, 4) is 5.75 Å². The Bertz CT molecular complexity index is 404. The molecule has 0 saturated heterocycles. The molecule has 1 aliphatic rings. The van der Waals surface area contributed by atoms with Crippen LogP contribution in [0.4, 0.5) is 0 Å². The van der Waals surface area contributed by atoms with Gasteiger partial charge in [-0.1, -0.05) is 12.1 Å². The van der Waals surface area contributed by atoms with Gasteiger partial charge in [0.05, 0.1) is 19.8 Å².